The molecule has 0 bridgehead atoms. The van der Waals surface area contributed by atoms with Crippen LogP contribution in [0.1, 0.15) is 23.2 Å². The molecule has 96 valence electrons. The van der Waals surface area contributed by atoms with Crippen LogP contribution in [0.2, 0.25) is 0 Å². The zero-order valence-electron chi connectivity index (χ0n) is 9.80. The molecule has 1 fully saturated rings. The predicted molar refractivity (Wildman–Crippen MR) is 65.9 cm³/mol. The molecule has 1 aliphatic heterocycles. The second-order valence-electron chi connectivity index (χ2n) is 4.21. The van der Waals surface area contributed by atoms with Crippen LogP contribution < -0.4 is 5.32 Å². The summed E-state index contributed by atoms with van der Waals surface area (Å²) in [7, 11) is 0. The Morgan fingerprint density at radius 2 is 2.33 bits per heavy atom. The molecule has 1 aromatic carbocycles. The summed E-state index contributed by atoms with van der Waals surface area (Å²) in [6.45, 7) is 1.29. The Kier molecular flexibility index (Phi) is 3.88. The van der Waals surface area contributed by atoms with Crippen LogP contribution in [-0.4, -0.2) is 30.5 Å². The van der Waals surface area contributed by atoms with Crippen LogP contribution in [0.5, 0.6) is 0 Å². The van der Waals surface area contributed by atoms with E-state index in [0.29, 0.717) is 24.1 Å². The number of aldehydes is 1. The summed E-state index contributed by atoms with van der Waals surface area (Å²) in [5.74, 6) is 0. The third-order valence-corrected chi connectivity index (χ3v) is 2.87. The highest BCUT2D eigenvalue weighted by Gasteiger charge is 2.19. The third-order valence-electron chi connectivity index (χ3n) is 2.87. The Morgan fingerprint density at radius 3 is 2.94 bits per heavy atom. The van der Waals surface area contributed by atoms with Gasteiger partial charge in [0.1, 0.15) is 12.0 Å². The number of anilines is 1. The average Bonchev–Trinajstić information content (AvgIpc) is 2.40. The molecule has 6 nitrogen and oxygen atoms in total. The van der Waals surface area contributed by atoms with Crippen LogP contribution in [-0.2, 0) is 4.74 Å². The van der Waals surface area contributed by atoms with Crippen LogP contribution >= 0.6 is 0 Å². The van der Waals surface area contributed by atoms with Gasteiger partial charge in [-0.1, -0.05) is 0 Å². The second-order valence-corrected chi connectivity index (χ2v) is 4.21. The van der Waals surface area contributed by atoms with Gasteiger partial charge >= 0.3 is 0 Å². The molecule has 1 atom stereocenters. The van der Waals surface area contributed by atoms with Crippen LogP contribution in [0, 0.1) is 10.1 Å². The van der Waals surface area contributed by atoms with Gasteiger partial charge in [-0.2, -0.15) is 0 Å². The van der Waals surface area contributed by atoms with Gasteiger partial charge < -0.3 is 10.1 Å². The number of carbonyl (C=O) groups is 1. The monoisotopic (exact) mass is 250 g/mol. The molecule has 1 aliphatic rings. The summed E-state index contributed by atoms with van der Waals surface area (Å²) in [6.07, 6.45) is 2.46. The maximum atomic E-state index is 10.9. The number of nitrogens with one attached hydrogen (secondary N) is 1. The van der Waals surface area contributed by atoms with E-state index >= 15 is 0 Å². The number of ether oxygens (including phenoxy) is 1. The van der Waals surface area contributed by atoms with Gasteiger partial charge in [0.2, 0.25) is 0 Å². The highest BCUT2D eigenvalue weighted by atomic mass is 16.6. The fourth-order valence-electron chi connectivity index (χ4n) is 1.97. The lowest BCUT2D eigenvalue weighted by Crippen LogP contribution is -2.30. The fourth-order valence-corrected chi connectivity index (χ4v) is 1.97. The van der Waals surface area contributed by atoms with Crippen LogP contribution in [0.3, 0.4) is 0 Å². The lowest BCUT2D eigenvalue weighted by Gasteiger charge is -2.23. The molecule has 0 aromatic heterocycles. The number of nitro benzene ring substituents is 1. The first-order chi connectivity index (χ1) is 8.70. The fraction of sp³-hybridized carbons (Fsp3) is 0.417. The molecule has 0 spiro atoms. The average molecular weight is 250 g/mol. The van der Waals surface area contributed by atoms with Crippen LogP contribution in [0.15, 0.2) is 18.2 Å². The molecule has 1 aromatic rings. The smallest absolute Gasteiger partial charge is 0.293 e. The van der Waals surface area contributed by atoms with Gasteiger partial charge in [0.15, 0.2) is 0 Å². The van der Waals surface area contributed by atoms with Crippen molar-refractivity contribution in [2.24, 2.45) is 0 Å². The van der Waals surface area contributed by atoms with E-state index in [1.54, 1.807) is 12.1 Å². The Balaban J connectivity index is 2.20. The van der Waals surface area contributed by atoms with Crippen molar-refractivity contribution in [2.45, 2.75) is 18.9 Å². The number of rotatable bonds is 4. The van der Waals surface area contributed by atoms with Crippen molar-refractivity contribution in [2.75, 3.05) is 18.5 Å². The molecular weight excluding hydrogens is 236 g/mol. The van der Waals surface area contributed by atoms with Gasteiger partial charge in [0.25, 0.3) is 5.69 Å². The minimum absolute atomic E-state index is 0.0785. The Bertz CT molecular complexity index is 455. The highest BCUT2D eigenvalue weighted by Crippen LogP contribution is 2.26. The van der Waals surface area contributed by atoms with Gasteiger partial charge in [-0.25, -0.2) is 0 Å². The molecule has 0 radical (unpaired) electrons. The molecule has 0 aliphatic carbocycles. The molecule has 18 heavy (non-hydrogen) atoms. The SMILES string of the molecule is O=Cc1ccc(NC2CCCOC2)c([N+](=O)[O-])c1. The first-order valence-corrected chi connectivity index (χ1v) is 5.78. The Labute approximate surface area is 104 Å². The van der Waals surface area contributed by atoms with Crippen molar-refractivity contribution in [1.29, 1.82) is 0 Å². The normalized spacial score (nSPS) is 19.2. The van der Waals surface area contributed by atoms with E-state index in [1.807, 2.05) is 0 Å². The quantitative estimate of drug-likeness (QED) is 0.502. The standard InChI is InChI=1S/C12H14N2O4/c15-7-9-3-4-11(12(6-9)14(16)17)13-10-2-1-5-18-8-10/h3-4,6-7,10,13H,1-2,5,8H2. The van der Waals surface area contributed by atoms with Crippen molar-refractivity contribution < 1.29 is 14.5 Å². The second kappa shape index (κ2) is 5.59. The first-order valence-electron chi connectivity index (χ1n) is 5.78. The number of hydrogen-bond acceptors (Lipinski definition) is 5. The summed E-state index contributed by atoms with van der Waals surface area (Å²) < 4.78 is 5.31. The zero-order chi connectivity index (χ0) is 13.0. The summed E-state index contributed by atoms with van der Waals surface area (Å²) in [6, 6.07) is 4.49. The van der Waals surface area contributed by atoms with Gasteiger partial charge in [-0.15, -0.1) is 0 Å². The number of nitro groups is 1. The minimum Gasteiger partial charge on any atom is -0.379 e. The summed E-state index contributed by atoms with van der Waals surface area (Å²) >= 11 is 0. The van der Waals surface area contributed by atoms with Crippen LogP contribution in [0.4, 0.5) is 11.4 Å². The molecule has 1 N–H and O–H groups in total. The van der Waals surface area contributed by atoms with Crippen molar-refractivity contribution in [3.05, 3.63) is 33.9 Å². The van der Waals surface area contributed by atoms with E-state index in [-0.39, 0.29) is 11.7 Å². The van der Waals surface area contributed by atoms with Gasteiger partial charge in [-0.05, 0) is 25.0 Å². The number of nitrogens with zero attached hydrogens (tertiary/aromatic N) is 1. The molecular formula is C12H14N2O4. The Morgan fingerprint density at radius 1 is 1.50 bits per heavy atom. The highest BCUT2D eigenvalue weighted by molar-refractivity contribution is 5.79. The largest absolute Gasteiger partial charge is 0.379 e. The molecule has 2 rings (SSSR count). The van der Waals surface area contributed by atoms with Gasteiger partial charge in [-0.3, -0.25) is 14.9 Å². The molecule has 1 saturated heterocycles. The van der Waals surface area contributed by atoms with Crippen LogP contribution in [0.25, 0.3) is 0 Å². The summed E-state index contributed by atoms with van der Waals surface area (Å²) in [5.41, 5.74) is 0.651. The maximum Gasteiger partial charge on any atom is 0.293 e. The van der Waals surface area contributed by atoms with Crippen molar-refractivity contribution in [3.8, 4) is 0 Å². The van der Waals surface area contributed by atoms with Crippen molar-refractivity contribution in [3.63, 3.8) is 0 Å². The lowest BCUT2D eigenvalue weighted by atomic mass is 10.1. The molecule has 6 heteroatoms. The lowest BCUT2D eigenvalue weighted by molar-refractivity contribution is -0.384. The summed E-state index contributed by atoms with van der Waals surface area (Å²) in [4.78, 5) is 21.1. The van der Waals surface area contributed by atoms with Crippen molar-refractivity contribution in [1.82, 2.24) is 0 Å². The van der Waals surface area contributed by atoms with E-state index in [9.17, 15) is 14.9 Å². The van der Waals surface area contributed by atoms with E-state index in [0.717, 1.165) is 19.4 Å². The zero-order valence-corrected chi connectivity index (χ0v) is 9.80. The number of hydrogen-bond donors (Lipinski definition) is 1. The summed E-state index contributed by atoms with van der Waals surface area (Å²) in [5, 5.41) is 14.0. The molecule has 1 heterocycles. The molecule has 1 unspecified atom stereocenters. The minimum atomic E-state index is -0.487. The number of carbonyl (C=O) groups excluding carboxylic acids is 1. The van der Waals surface area contributed by atoms with Crippen molar-refractivity contribution >= 4 is 17.7 Å². The predicted octanol–water partition coefficient (Wildman–Crippen LogP) is 2.00. The molecule has 0 saturated carbocycles. The van der Waals surface area contributed by atoms with E-state index in [2.05, 4.69) is 5.32 Å². The molecule has 0 amide bonds. The maximum absolute atomic E-state index is 10.9. The van der Waals surface area contributed by atoms with Gasteiger partial charge in [0.05, 0.1) is 11.5 Å². The first kappa shape index (κ1) is 12.5. The van der Waals surface area contributed by atoms with Gasteiger partial charge in [0, 0.05) is 24.3 Å². The van der Waals surface area contributed by atoms with E-state index < -0.39 is 4.92 Å². The third kappa shape index (κ3) is 2.84. The number of benzene rings is 1. The van der Waals surface area contributed by atoms with E-state index in [1.165, 1.54) is 6.07 Å². The van der Waals surface area contributed by atoms with E-state index in [4.69, 9.17) is 4.74 Å². The Hall–Kier alpha value is -1.95. The topological polar surface area (TPSA) is 81.5 Å².